The molecule has 0 aliphatic rings. The number of hydrogen-bond donors (Lipinski definition) is 0. The highest BCUT2D eigenvalue weighted by atomic mass is 32.1. The third kappa shape index (κ3) is 3.07. The molecule has 0 saturated heterocycles. The zero-order valence-electron chi connectivity index (χ0n) is 10.4. The Morgan fingerprint density at radius 3 is 2.55 bits per heavy atom. The normalized spacial score (nSPS) is 11.2. The minimum atomic E-state index is -0.741. The van der Waals surface area contributed by atoms with Crippen LogP contribution in [0.3, 0.4) is 0 Å². The van der Waals surface area contributed by atoms with Crippen LogP contribution in [-0.2, 0) is 9.63 Å². The molecule has 2 aromatic rings. The van der Waals surface area contributed by atoms with Crippen molar-refractivity contribution in [2.75, 3.05) is 0 Å². The van der Waals surface area contributed by atoms with Crippen LogP contribution in [0.25, 0.3) is 0 Å². The molecule has 0 unspecified atom stereocenters. The Kier molecular flexibility index (Phi) is 4.21. The molecular weight excluding hydrogens is 282 g/mol. The highest BCUT2D eigenvalue weighted by molar-refractivity contribution is 7.13. The van der Waals surface area contributed by atoms with Crippen LogP contribution in [0.1, 0.15) is 27.2 Å². The molecular formula is C13H9NO5S. The highest BCUT2D eigenvalue weighted by Gasteiger charge is 2.27. The minimum absolute atomic E-state index is 0.0548. The predicted octanol–water partition coefficient (Wildman–Crippen LogP) is 2.33. The molecule has 0 aliphatic carbocycles. The predicted molar refractivity (Wildman–Crippen MR) is 70.9 cm³/mol. The van der Waals surface area contributed by atoms with Gasteiger partial charge in [-0.2, -0.15) is 0 Å². The van der Waals surface area contributed by atoms with Gasteiger partial charge in [0.15, 0.2) is 5.76 Å². The average Bonchev–Trinajstić information content (AvgIpc) is 3.11. The largest absolute Gasteiger partial charge is 0.461 e. The standard InChI is InChI=1S/C13H9NO5S/c1-8(15)19-14-11(12(16)9-4-2-6-18-9)13(17)10-5-3-7-20-10/h2-7H,1H3. The monoisotopic (exact) mass is 291 g/mol. The molecule has 102 valence electrons. The van der Waals surface area contributed by atoms with E-state index in [1.54, 1.807) is 17.5 Å². The van der Waals surface area contributed by atoms with Crippen molar-refractivity contribution in [2.24, 2.45) is 5.16 Å². The first-order valence-corrected chi connectivity index (χ1v) is 6.39. The van der Waals surface area contributed by atoms with Crippen LogP contribution in [0.4, 0.5) is 0 Å². The summed E-state index contributed by atoms with van der Waals surface area (Å²) >= 11 is 1.15. The zero-order valence-corrected chi connectivity index (χ0v) is 11.2. The lowest BCUT2D eigenvalue weighted by Gasteiger charge is -2.00. The van der Waals surface area contributed by atoms with E-state index in [2.05, 4.69) is 9.99 Å². The highest BCUT2D eigenvalue weighted by Crippen LogP contribution is 2.13. The maximum Gasteiger partial charge on any atom is 0.332 e. The van der Waals surface area contributed by atoms with Crippen molar-refractivity contribution >= 4 is 34.6 Å². The van der Waals surface area contributed by atoms with Gasteiger partial charge >= 0.3 is 5.97 Å². The molecule has 0 amide bonds. The van der Waals surface area contributed by atoms with E-state index in [-0.39, 0.29) is 5.76 Å². The molecule has 6 nitrogen and oxygen atoms in total. The van der Waals surface area contributed by atoms with Crippen LogP contribution in [0.2, 0.25) is 0 Å². The molecule has 0 N–H and O–H groups in total. The Balaban J connectivity index is 2.35. The topological polar surface area (TPSA) is 85.9 Å². The molecule has 2 rings (SSSR count). The van der Waals surface area contributed by atoms with Gasteiger partial charge in [0.2, 0.25) is 11.5 Å². The van der Waals surface area contributed by atoms with Gasteiger partial charge in [0, 0.05) is 6.92 Å². The van der Waals surface area contributed by atoms with Gasteiger partial charge in [-0.3, -0.25) is 9.59 Å². The number of nitrogens with zero attached hydrogens (tertiary/aromatic N) is 1. The Morgan fingerprint density at radius 2 is 2.00 bits per heavy atom. The Morgan fingerprint density at radius 1 is 1.20 bits per heavy atom. The summed E-state index contributed by atoms with van der Waals surface area (Å²) in [6.07, 6.45) is 1.30. The molecule has 0 saturated carbocycles. The Bertz CT molecular complexity index is 607. The van der Waals surface area contributed by atoms with Crippen LogP contribution in [0, 0.1) is 0 Å². The van der Waals surface area contributed by atoms with Crippen LogP contribution in [0.15, 0.2) is 45.5 Å². The van der Waals surface area contributed by atoms with Gasteiger partial charge < -0.3 is 9.25 Å². The van der Waals surface area contributed by atoms with Crippen LogP contribution in [-0.4, -0.2) is 23.2 Å². The van der Waals surface area contributed by atoms with E-state index in [0.717, 1.165) is 18.3 Å². The fraction of sp³-hybridized carbons (Fsp3) is 0.0769. The summed E-state index contributed by atoms with van der Waals surface area (Å²) in [6, 6.07) is 6.12. The summed E-state index contributed by atoms with van der Waals surface area (Å²) < 4.78 is 4.93. The van der Waals surface area contributed by atoms with Crippen molar-refractivity contribution in [1.29, 1.82) is 0 Å². The maximum absolute atomic E-state index is 12.2. The Hall–Kier alpha value is -2.54. The second-order valence-electron chi connectivity index (χ2n) is 3.64. The van der Waals surface area contributed by atoms with E-state index in [1.807, 2.05) is 0 Å². The number of Topliss-reactive ketones (excluding diaryl/α,β-unsaturated/α-hetero) is 2. The molecule has 0 atom stereocenters. The fourth-order valence-electron chi connectivity index (χ4n) is 1.34. The molecule has 7 heteroatoms. The van der Waals surface area contributed by atoms with Crippen molar-refractivity contribution in [1.82, 2.24) is 0 Å². The van der Waals surface area contributed by atoms with Crippen molar-refractivity contribution in [3.63, 3.8) is 0 Å². The summed E-state index contributed by atoms with van der Waals surface area (Å²) in [6.45, 7) is 1.12. The quantitative estimate of drug-likeness (QED) is 0.277. The van der Waals surface area contributed by atoms with Gasteiger partial charge in [0.1, 0.15) is 0 Å². The van der Waals surface area contributed by atoms with E-state index >= 15 is 0 Å². The molecule has 2 aromatic heterocycles. The first-order valence-electron chi connectivity index (χ1n) is 5.51. The van der Waals surface area contributed by atoms with Crippen LogP contribution >= 0.6 is 11.3 Å². The number of oxime groups is 1. The number of ketones is 2. The number of carbonyl (C=O) groups is 3. The van der Waals surface area contributed by atoms with Crippen molar-refractivity contribution in [3.8, 4) is 0 Å². The smallest absolute Gasteiger partial charge is 0.332 e. The van der Waals surface area contributed by atoms with E-state index in [0.29, 0.717) is 4.88 Å². The lowest BCUT2D eigenvalue weighted by Crippen LogP contribution is -2.24. The van der Waals surface area contributed by atoms with Gasteiger partial charge in [-0.25, -0.2) is 4.79 Å². The van der Waals surface area contributed by atoms with Gasteiger partial charge in [-0.15, -0.1) is 11.3 Å². The van der Waals surface area contributed by atoms with Crippen molar-refractivity contribution in [3.05, 3.63) is 46.5 Å². The fourth-order valence-corrected chi connectivity index (χ4v) is 2.01. The van der Waals surface area contributed by atoms with E-state index in [4.69, 9.17) is 4.42 Å². The number of thiophene rings is 1. The lowest BCUT2D eigenvalue weighted by atomic mass is 10.1. The van der Waals surface area contributed by atoms with Crippen molar-refractivity contribution in [2.45, 2.75) is 6.92 Å². The van der Waals surface area contributed by atoms with E-state index in [1.165, 1.54) is 18.4 Å². The van der Waals surface area contributed by atoms with Gasteiger partial charge in [0.05, 0.1) is 11.1 Å². The zero-order chi connectivity index (χ0) is 14.5. The molecule has 0 spiro atoms. The average molecular weight is 291 g/mol. The first-order chi connectivity index (χ1) is 9.59. The summed E-state index contributed by atoms with van der Waals surface area (Å²) in [5.41, 5.74) is -0.502. The lowest BCUT2D eigenvalue weighted by molar-refractivity contribution is -0.140. The van der Waals surface area contributed by atoms with Gasteiger partial charge in [0.25, 0.3) is 5.78 Å². The van der Waals surface area contributed by atoms with E-state index in [9.17, 15) is 14.4 Å². The summed E-state index contributed by atoms with van der Waals surface area (Å²) in [4.78, 5) is 39.8. The van der Waals surface area contributed by atoms with Gasteiger partial charge in [-0.05, 0) is 23.6 Å². The molecule has 0 aliphatic heterocycles. The summed E-state index contributed by atoms with van der Waals surface area (Å²) in [5, 5.41) is 5.04. The number of rotatable bonds is 5. The molecule has 0 bridgehead atoms. The molecule has 0 fully saturated rings. The SMILES string of the molecule is CC(=O)ON=C(C(=O)c1ccco1)C(=O)c1cccs1. The Labute approximate surface area is 117 Å². The molecule has 2 heterocycles. The van der Waals surface area contributed by atoms with Gasteiger partial charge in [-0.1, -0.05) is 11.2 Å². The number of hydrogen-bond acceptors (Lipinski definition) is 7. The second-order valence-corrected chi connectivity index (χ2v) is 4.58. The molecule has 0 radical (unpaired) electrons. The van der Waals surface area contributed by atoms with Crippen LogP contribution in [0.5, 0.6) is 0 Å². The number of furan rings is 1. The minimum Gasteiger partial charge on any atom is -0.461 e. The van der Waals surface area contributed by atoms with Crippen LogP contribution < -0.4 is 0 Å². The molecule has 0 aromatic carbocycles. The first kappa shape index (κ1) is 13.9. The third-order valence-electron chi connectivity index (χ3n) is 2.19. The van der Waals surface area contributed by atoms with E-state index < -0.39 is 23.2 Å². The maximum atomic E-state index is 12.2. The molecule has 20 heavy (non-hydrogen) atoms. The number of carbonyl (C=O) groups excluding carboxylic acids is 3. The van der Waals surface area contributed by atoms with Crippen molar-refractivity contribution < 1.29 is 23.6 Å². The summed E-state index contributed by atoms with van der Waals surface area (Å²) in [7, 11) is 0. The second kappa shape index (κ2) is 6.07. The third-order valence-corrected chi connectivity index (χ3v) is 3.05. The summed E-state index contributed by atoms with van der Waals surface area (Å²) in [5.74, 6) is -2.15.